The summed E-state index contributed by atoms with van der Waals surface area (Å²) in [5.41, 5.74) is -0.167. The van der Waals surface area contributed by atoms with Crippen LogP contribution in [0.2, 0.25) is 0 Å². The number of carboxylic acid groups (broad SMARTS) is 1. The van der Waals surface area contributed by atoms with E-state index in [1.165, 1.54) is 0 Å². The van der Waals surface area contributed by atoms with Crippen LogP contribution < -0.4 is 5.32 Å². The van der Waals surface area contributed by atoms with Gasteiger partial charge in [-0.25, -0.2) is 4.79 Å². The molecule has 2 rings (SSSR count). The van der Waals surface area contributed by atoms with E-state index in [0.29, 0.717) is 0 Å². The third-order valence-electron chi connectivity index (χ3n) is 3.56. The Bertz CT molecular complexity index is 457. The first kappa shape index (κ1) is 15.3. The van der Waals surface area contributed by atoms with Crippen molar-refractivity contribution in [3.8, 4) is 0 Å². The predicted molar refractivity (Wildman–Crippen MR) is 72.6 cm³/mol. The van der Waals surface area contributed by atoms with Gasteiger partial charge in [0.1, 0.15) is 0 Å². The van der Waals surface area contributed by atoms with Crippen molar-refractivity contribution >= 4 is 23.5 Å². The van der Waals surface area contributed by atoms with Crippen LogP contribution >= 0.6 is 0 Å². The molecule has 0 saturated carbocycles. The quantitative estimate of drug-likeness (QED) is 0.726. The minimum atomic E-state index is -1.19. The standard InChI is InChI=1S/C13H19N3O5/c17-11(16-6-2-1-3-7-16)4-5-14-12(18)10-8-9(13(19)20)15-21-10/h10H,1-8H2,(H,14,18)(H,19,20). The van der Waals surface area contributed by atoms with Gasteiger partial charge in [0.05, 0.1) is 0 Å². The summed E-state index contributed by atoms with van der Waals surface area (Å²) in [5.74, 6) is -1.60. The van der Waals surface area contributed by atoms with Gasteiger partial charge in [0.2, 0.25) is 12.0 Å². The maximum atomic E-state index is 11.9. The zero-order valence-electron chi connectivity index (χ0n) is 11.7. The predicted octanol–water partition coefficient (Wildman–Crippen LogP) is -0.265. The second kappa shape index (κ2) is 7.05. The molecule has 8 heteroatoms. The van der Waals surface area contributed by atoms with Gasteiger partial charge in [0.25, 0.3) is 5.91 Å². The van der Waals surface area contributed by atoms with Gasteiger partial charge in [-0.1, -0.05) is 5.16 Å². The molecule has 0 aromatic carbocycles. The first-order valence-corrected chi connectivity index (χ1v) is 7.09. The number of carbonyl (C=O) groups excluding carboxylic acids is 2. The van der Waals surface area contributed by atoms with Crippen molar-refractivity contribution in [2.75, 3.05) is 19.6 Å². The van der Waals surface area contributed by atoms with Gasteiger partial charge in [-0.3, -0.25) is 9.59 Å². The number of hydrogen-bond acceptors (Lipinski definition) is 5. The topological polar surface area (TPSA) is 108 Å². The number of piperidine rings is 1. The van der Waals surface area contributed by atoms with Crippen molar-refractivity contribution in [3.63, 3.8) is 0 Å². The molecular weight excluding hydrogens is 278 g/mol. The fraction of sp³-hybridized carbons (Fsp3) is 0.692. The molecule has 2 aliphatic rings. The number of hydrogen-bond donors (Lipinski definition) is 2. The second-order valence-corrected chi connectivity index (χ2v) is 5.12. The highest BCUT2D eigenvalue weighted by Gasteiger charge is 2.31. The molecule has 1 atom stereocenters. The summed E-state index contributed by atoms with van der Waals surface area (Å²) in [7, 11) is 0. The van der Waals surface area contributed by atoms with E-state index in [2.05, 4.69) is 10.5 Å². The molecule has 2 amide bonds. The zero-order valence-corrected chi connectivity index (χ0v) is 11.7. The van der Waals surface area contributed by atoms with Gasteiger partial charge in [0.15, 0.2) is 5.71 Å². The van der Waals surface area contributed by atoms with E-state index in [-0.39, 0.29) is 31.0 Å². The van der Waals surface area contributed by atoms with E-state index in [1.54, 1.807) is 0 Å². The normalized spacial score (nSPS) is 21.4. The van der Waals surface area contributed by atoms with Gasteiger partial charge in [0, 0.05) is 32.5 Å². The van der Waals surface area contributed by atoms with Crippen LogP contribution in [0.4, 0.5) is 0 Å². The molecule has 8 nitrogen and oxygen atoms in total. The molecule has 2 heterocycles. The molecule has 0 aliphatic carbocycles. The Kier molecular flexibility index (Phi) is 5.13. The Morgan fingerprint density at radius 1 is 1.29 bits per heavy atom. The van der Waals surface area contributed by atoms with Gasteiger partial charge in [-0.15, -0.1) is 0 Å². The first-order valence-electron chi connectivity index (χ1n) is 7.09. The lowest BCUT2D eigenvalue weighted by molar-refractivity contribution is -0.133. The minimum Gasteiger partial charge on any atom is -0.477 e. The summed E-state index contributed by atoms with van der Waals surface area (Å²) in [5, 5.41) is 14.6. The number of carbonyl (C=O) groups is 3. The smallest absolute Gasteiger partial charge is 0.353 e. The summed E-state index contributed by atoms with van der Waals surface area (Å²) in [6.07, 6.45) is 2.49. The van der Waals surface area contributed by atoms with E-state index in [4.69, 9.17) is 9.94 Å². The molecule has 0 spiro atoms. The van der Waals surface area contributed by atoms with E-state index >= 15 is 0 Å². The van der Waals surface area contributed by atoms with Gasteiger partial charge < -0.3 is 20.2 Å². The lowest BCUT2D eigenvalue weighted by Crippen LogP contribution is -2.40. The van der Waals surface area contributed by atoms with Crippen LogP contribution in [0.15, 0.2) is 5.16 Å². The van der Waals surface area contributed by atoms with Crippen LogP contribution in [0.1, 0.15) is 32.1 Å². The van der Waals surface area contributed by atoms with Crippen LogP contribution in [0.25, 0.3) is 0 Å². The largest absolute Gasteiger partial charge is 0.477 e. The third-order valence-corrected chi connectivity index (χ3v) is 3.56. The first-order chi connectivity index (χ1) is 10.1. The SMILES string of the molecule is O=C(O)C1=NOC(C(=O)NCCC(=O)N2CCCCC2)C1. The van der Waals surface area contributed by atoms with Crippen molar-refractivity contribution < 1.29 is 24.3 Å². The maximum absolute atomic E-state index is 11.9. The van der Waals surface area contributed by atoms with E-state index < -0.39 is 18.0 Å². The third kappa shape index (κ3) is 4.17. The summed E-state index contributed by atoms with van der Waals surface area (Å²) in [4.78, 5) is 40.9. The number of nitrogens with zero attached hydrogens (tertiary/aromatic N) is 2. The number of likely N-dealkylation sites (tertiary alicyclic amines) is 1. The summed E-state index contributed by atoms with van der Waals surface area (Å²) in [6.45, 7) is 1.79. The second-order valence-electron chi connectivity index (χ2n) is 5.12. The Morgan fingerprint density at radius 2 is 2.00 bits per heavy atom. The fourth-order valence-corrected chi connectivity index (χ4v) is 2.35. The molecule has 116 valence electrons. The zero-order chi connectivity index (χ0) is 15.2. The maximum Gasteiger partial charge on any atom is 0.353 e. The summed E-state index contributed by atoms with van der Waals surface area (Å²) < 4.78 is 0. The molecular formula is C13H19N3O5. The van der Waals surface area contributed by atoms with Crippen molar-refractivity contribution in [1.29, 1.82) is 0 Å². The highest BCUT2D eigenvalue weighted by Crippen LogP contribution is 2.11. The molecule has 21 heavy (non-hydrogen) atoms. The lowest BCUT2D eigenvalue weighted by Gasteiger charge is -2.26. The minimum absolute atomic E-state index is 0.0322. The highest BCUT2D eigenvalue weighted by atomic mass is 16.6. The summed E-state index contributed by atoms with van der Waals surface area (Å²) in [6, 6.07) is 0. The van der Waals surface area contributed by atoms with E-state index in [1.807, 2.05) is 4.90 Å². The highest BCUT2D eigenvalue weighted by molar-refractivity contribution is 6.36. The Hall–Kier alpha value is -2.12. The van der Waals surface area contributed by atoms with Crippen molar-refractivity contribution in [3.05, 3.63) is 0 Å². The molecule has 1 unspecified atom stereocenters. The molecule has 0 aromatic heterocycles. The molecule has 2 N–H and O–H groups in total. The molecule has 1 fully saturated rings. The van der Waals surface area contributed by atoms with Crippen LogP contribution in [0.3, 0.4) is 0 Å². The Balaban J connectivity index is 1.66. The van der Waals surface area contributed by atoms with Crippen LogP contribution in [-0.4, -0.2) is 59.2 Å². The number of aliphatic carboxylic acids is 1. The molecule has 0 aromatic rings. The van der Waals surface area contributed by atoms with Gasteiger partial charge in [-0.05, 0) is 19.3 Å². The fourth-order valence-electron chi connectivity index (χ4n) is 2.35. The average Bonchev–Trinajstić information content (AvgIpc) is 2.98. The van der Waals surface area contributed by atoms with Crippen molar-refractivity contribution in [2.45, 2.75) is 38.2 Å². The average molecular weight is 297 g/mol. The molecule has 0 bridgehead atoms. The van der Waals surface area contributed by atoms with Crippen LogP contribution in [0.5, 0.6) is 0 Å². The van der Waals surface area contributed by atoms with E-state index in [9.17, 15) is 14.4 Å². The molecule has 1 saturated heterocycles. The Morgan fingerprint density at radius 3 is 2.62 bits per heavy atom. The number of amides is 2. The number of rotatable bonds is 5. The molecule has 2 aliphatic heterocycles. The lowest BCUT2D eigenvalue weighted by atomic mass is 10.1. The van der Waals surface area contributed by atoms with Gasteiger partial charge in [-0.2, -0.15) is 0 Å². The number of carboxylic acids is 1. The molecule has 0 radical (unpaired) electrons. The summed E-state index contributed by atoms with van der Waals surface area (Å²) >= 11 is 0. The number of oxime groups is 1. The van der Waals surface area contributed by atoms with E-state index in [0.717, 1.165) is 32.4 Å². The van der Waals surface area contributed by atoms with Crippen LogP contribution in [0, 0.1) is 0 Å². The van der Waals surface area contributed by atoms with Crippen molar-refractivity contribution in [1.82, 2.24) is 10.2 Å². The number of nitrogens with one attached hydrogen (secondary N) is 1. The monoisotopic (exact) mass is 297 g/mol. The van der Waals surface area contributed by atoms with Gasteiger partial charge >= 0.3 is 5.97 Å². The van der Waals surface area contributed by atoms with Crippen LogP contribution in [-0.2, 0) is 19.2 Å². The van der Waals surface area contributed by atoms with Crippen molar-refractivity contribution in [2.24, 2.45) is 5.16 Å². The Labute approximate surface area is 122 Å².